The first-order valence-electron chi connectivity index (χ1n) is 6.91. The van der Waals surface area contributed by atoms with Crippen LogP contribution in [0.2, 0.25) is 0 Å². The van der Waals surface area contributed by atoms with Crippen LogP contribution in [0.15, 0.2) is 36.9 Å². The predicted octanol–water partition coefficient (Wildman–Crippen LogP) is 2.60. The third-order valence-electron chi connectivity index (χ3n) is 3.14. The van der Waals surface area contributed by atoms with Gasteiger partial charge >= 0.3 is 0 Å². The Balaban J connectivity index is 2.59. The summed E-state index contributed by atoms with van der Waals surface area (Å²) in [6.45, 7) is 5.85. The average molecular weight is 281 g/mol. The van der Waals surface area contributed by atoms with E-state index in [-0.39, 0.29) is 5.82 Å². The maximum absolute atomic E-state index is 13.7. The highest BCUT2D eigenvalue weighted by molar-refractivity contribution is 5.17. The summed E-state index contributed by atoms with van der Waals surface area (Å²) in [6, 6.07) is 6.72. The molecule has 0 radical (unpaired) electrons. The van der Waals surface area contributed by atoms with Crippen molar-refractivity contribution in [1.82, 2.24) is 4.90 Å². The number of aliphatic hydroxyl groups is 1. The van der Waals surface area contributed by atoms with Crippen LogP contribution in [0.1, 0.15) is 18.4 Å². The number of hydrogen-bond donors (Lipinski definition) is 1. The highest BCUT2D eigenvalue weighted by Crippen LogP contribution is 2.11. The lowest BCUT2D eigenvalue weighted by Gasteiger charge is -2.25. The Morgan fingerprint density at radius 3 is 2.85 bits per heavy atom. The minimum Gasteiger partial charge on any atom is -0.392 e. The fraction of sp³-hybridized carbons (Fsp3) is 0.500. The van der Waals surface area contributed by atoms with Gasteiger partial charge in [-0.1, -0.05) is 24.3 Å². The molecule has 4 heteroatoms. The summed E-state index contributed by atoms with van der Waals surface area (Å²) in [5.41, 5.74) is 0.638. The summed E-state index contributed by atoms with van der Waals surface area (Å²) in [7, 11) is 1.63. The SMILES string of the molecule is C=CCCC(O)CN(CCOC)Cc1ccccc1F. The molecule has 0 aromatic heterocycles. The molecule has 112 valence electrons. The number of benzene rings is 1. The van der Waals surface area contributed by atoms with Gasteiger partial charge in [-0.05, 0) is 18.9 Å². The Hall–Kier alpha value is -1.23. The molecule has 0 aliphatic rings. The van der Waals surface area contributed by atoms with Crippen LogP contribution >= 0.6 is 0 Å². The van der Waals surface area contributed by atoms with Gasteiger partial charge < -0.3 is 9.84 Å². The Bertz CT molecular complexity index is 398. The number of hydrogen-bond acceptors (Lipinski definition) is 3. The van der Waals surface area contributed by atoms with Crippen LogP contribution in [0.4, 0.5) is 4.39 Å². The number of methoxy groups -OCH3 is 1. The lowest BCUT2D eigenvalue weighted by atomic mass is 10.1. The second-order valence-corrected chi connectivity index (χ2v) is 4.84. The number of nitrogens with zero attached hydrogens (tertiary/aromatic N) is 1. The van der Waals surface area contributed by atoms with Crippen LogP contribution in [-0.2, 0) is 11.3 Å². The highest BCUT2D eigenvalue weighted by Gasteiger charge is 2.13. The van der Waals surface area contributed by atoms with Gasteiger partial charge in [-0.15, -0.1) is 6.58 Å². The van der Waals surface area contributed by atoms with Crippen LogP contribution in [0, 0.1) is 5.82 Å². The summed E-state index contributed by atoms with van der Waals surface area (Å²) in [5, 5.41) is 9.97. The maximum atomic E-state index is 13.7. The normalized spacial score (nSPS) is 12.6. The highest BCUT2D eigenvalue weighted by atomic mass is 19.1. The summed E-state index contributed by atoms with van der Waals surface area (Å²) in [5.74, 6) is -0.213. The van der Waals surface area contributed by atoms with Crippen molar-refractivity contribution in [3.63, 3.8) is 0 Å². The van der Waals surface area contributed by atoms with Gasteiger partial charge in [0.25, 0.3) is 0 Å². The molecule has 0 bridgehead atoms. The van der Waals surface area contributed by atoms with Crippen molar-refractivity contribution in [1.29, 1.82) is 0 Å². The summed E-state index contributed by atoms with van der Waals surface area (Å²) >= 11 is 0. The molecule has 20 heavy (non-hydrogen) atoms. The molecule has 0 saturated carbocycles. The molecule has 0 fully saturated rings. The van der Waals surface area contributed by atoms with Crippen molar-refractivity contribution in [2.75, 3.05) is 26.8 Å². The van der Waals surface area contributed by atoms with Gasteiger partial charge in [-0.2, -0.15) is 0 Å². The zero-order valence-electron chi connectivity index (χ0n) is 12.1. The maximum Gasteiger partial charge on any atom is 0.127 e. The molecule has 0 aliphatic carbocycles. The van der Waals surface area contributed by atoms with Crippen LogP contribution < -0.4 is 0 Å². The van der Waals surface area contributed by atoms with Crippen LogP contribution in [0.5, 0.6) is 0 Å². The lowest BCUT2D eigenvalue weighted by Crippen LogP contribution is -2.34. The van der Waals surface area contributed by atoms with E-state index < -0.39 is 6.10 Å². The molecule has 1 atom stereocenters. The van der Waals surface area contributed by atoms with E-state index in [0.29, 0.717) is 38.2 Å². The van der Waals surface area contributed by atoms with Crippen LogP contribution in [-0.4, -0.2) is 42.9 Å². The van der Waals surface area contributed by atoms with Gasteiger partial charge in [-0.3, -0.25) is 4.90 Å². The first-order chi connectivity index (χ1) is 9.67. The van der Waals surface area contributed by atoms with Gasteiger partial charge in [0.1, 0.15) is 5.82 Å². The standard InChI is InChI=1S/C16H24FNO2/c1-3-4-8-15(19)13-18(10-11-20-2)12-14-7-5-6-9-16(14)17/h3,5-7,9,15,19H,1,4,8,10-13H2,2H3. The Morgan fingerprint density at radius 1 is 1.45 bits per heavy atom. The quantitative estimate of drug-likeness (QED) is 0.669. The van der Waals surface area contributed by atoms with Crippen molar-refractivity contribution >= 4 is 0 Å². The Labute approximate surface area is 120 Å². The second-order valence-electron chi connectivity index (χ2n) is 4.84. The monoisotopic (exact) mass is 281 g/mol. The van der Waals surface area contributed by atoms with Gasteiger partial charge in [0.05, 0.1) is 12.7 Å². The number of allylic oxidation sites excluding steroid dienone is 1. The van der Waals surface area contributed by atoms with Crippen LogP contribution in [0.25, 0.3) is 0 Å². The molecule has 1 rings (SSSR count). The number of aliphatic hydroxyl groups excluding tert-OH is 1. The molecule has 0 amide bonds. The molecule has 1 unspecified atom stereocenters. The molecule has 0 aliphatic heterocycles. The summed E-state index contributed by atoms with van der Waals surface area (Å²) < 4.78 is 18.7. The molecule has 0 spiro atoms. The molecule has 0 heterocycles. The van der Waals surface area contributed by atoms with Crippen molar-refractivity contribution in [3.05, 3.63) is 48.3 Å². The molecule has 1 aromatic rings. The Kier molecular flexibility index (Phi) is 8.11. The van der Waals surface area contributed by atoms with E-state index in [1.54, 1.807) is 25.3 Å². The molecular weight excluding hydrogens is 257 g/mol. The van der Waals surface area contributed by atoms with Crippen molar-refractivity contribution in [2.24, 2.45) is 0 Å². The van der Waals surface area contributed by atoms with E-state index in [2.05, 4.69) is 6.58 Å². The Morgan fingerprint density at radius 2 is 2.20 bits per heavy atom. The lowest BCUT2D eigenvalue weighted by molar-refractivity contribution is 0.0803. The zero-order chi connectivity index (χ0) is 14.8. The van der Waals surface area contributed by atoms with Gasteiger partial charge in [0, 0.05) is 32.3 Å². The fourth-order valence-electron chi connectivity index (χ4n) is 2.02. The number of ether oxygens (including phenoxy) is 1. The predicted molar refractivity (Wildman–Crippen MR) is 79.0 cm³/mol. The van der Waals surface area contributed by atoms with E-state index in [1.807, 2.05) is 11.0 Å². The third kappa shape index (κ3) is 6.28. The van der Waals surface area contributed by atoms with E-state index in [9.17, 15) is 9.50 Å². The molecule has 0 saturated heterocycles. The number of halogens is 1. The minimum atomic E-state index is -0.434. The van der Waals surface area contributed by atoms with Gasteiger partial charge in [-0.25, -0.2) is 4.39 Å². The van der Waals surface area contributed by atoms with E-state index >= 15 is 0 Å². The molecule has 1 aromatic carbocycles. The van der Waals surface area contributed by atoms with Crippen molar-refractivity contribution in [3.8, 4) is 0 Å². The van der Waals surface area contributed by atoms with Gasteiger partial charge in [0.2, 0.25) is 0 Å². The smallest absolute Gasteiger partial charge is 0.127 e. The summed E-state index contributed by atoms with van der Waals surface area (Å²) in [4.78, 5) is 2.01. The first-order valence-corrected chi connectivity index (χ1v) is 6.91. The van der Waals surface area contributed by atoms with Crippen molar-refractivity contribution < 1.29 is 14.2 Å². The van der Waals surface area contributed by atoms with Crippen molar-refractivity contribution in [2.45, 2.75) is 25.5 Å². The third-order valence-corrected chi connectivity index (χ3v) is 3.14. The average Bonchev–Trinajstić information content (AvgIpc) is 2.45. The van der Waals surface area contributed by atoms with Gasteiger partial charge in [0.15, 0.2) is 0 Å². The topological polar surface area (TPSA) is 32.7 Å². The number of rotatable bonds is 10. The second kappa shape index (κ2) is 9.64. The molecule has 1 N–H and O–H groups in total. The molecular formula is C16H24FNO2. The zero-order valence-corrected chi connectivity index (χ0v) is 12.1. The van der Waals surface area contributed by atoms with E-state index in [1.165, 1.54) is 6.07 Å². The largest absolute Gasteiger partial charge is 0.392 e. The molecule has 3 nitrogen and oxygen atoms in total. The van der Waals surface area contributed by atoms with E-state index in [4.69, 9.17) is 4.74 Å². The summed E-state index contributed by atoms with van der Waals surface area (Å²) in [6.07, 6.45) is 2.81. The minimum absolute atomic E-state index is 0.213. The fourth-order valence-corrected chi connectivity index (χ4v) is 2.02. The van der Waals surface area contributed by atoms with E-state index in [0.717, 1.165) is 6.42 Å². The first kappa shape index (κ1) is 16.8. The van der Waals surface area contributed by atoms with Crippen LogP contribution in [0.3, 0.4) is 0 Å².